The van der Waals surface area contributed by atoms with Crippen LogP contribution in [0.3, 0.4) is 0 Å². The zero-order valence-corrected chi connectivity index (χ0v) is 9.90. The molecule has 2 rings (SSSR count). The molecule has 1 aliphatic rings. The normalized spacial score (nSPS) is 22.7. The van der Waals surface area contributed by atoms with Crippen LogP contribution in [0.25, 0.3) is 0 Å². The van der Waals surface area contributed by atoms with Crippen LogP contribution in [0.2, 0.25) is 0 Å². The van der Waals surface area contributed by atoms with Gasteiger partial charge >= 0.3 is 5.97 Å². The standard InChI is InChI=1S/C11H16N4O2/c1-6-13-9(12-2)5-10(14-6)15-8-3-7(4-8)11(16)17/h5,7-8H,3-4H2,1-2H3,(H,16,17)(H2,12,13,14,15). The predicted molar refractivity (Wildman–Crippen MR) is 64.1 cm³/mol. The minimum Gasteiger partial charge on any atom is -0.481 e. The van der Waals surface area contributed by atoms with Gasteiger partial charge in [0.05, 0.1) is 5.92 Å². The highest BCUT2D eigenvalue weighted by Crippen LogP contribution is 2.30. The van der Waals surface area contributed by atoms with Crippen molar-refractivity contribution in [3.63, 3.8) is 0 Å². The summed E-state index contributed by atoms with van der Waals surface area (Å²) in [6.45, 7) is 1.83. The molecule has 1 saturated carbocycles. The summed E-state index contributed by atoms with van der Waals surface area (Å²) in [7, 11) is 1.80. The minimum absolute atomic E-state index is 0.204. The number of carbonyl (C=O) groups is 1. The second kappa shape index (κ2) is 4.57. The van der Waals surface area contributed by atoms with E-state index in [0.717, 1.165) is 11.6 Å². The van der Waals surface area contributed by atoms with E-state index in [-0.39, 0.29) is 12.0 Å². The van der Waals surface area contributed by atoms with Crippen LogP contribution in [-0.2, 0) is 4.79 Å². The van der Waals surface area contributed by atoms with E-state index in [1.165, 1.54) is 0 Å². The first-order valence-electron chi connectivity index (χ1n) is 5.61. The summed E-state index contributed by atoms with van der Waals surface area (Å²) < 4.78 is 0. The molecule has 6 nitrogen and oxygen atoms in total. The zero-order valence-electron chi connectivity index (χ0n) is 9.90. The van der Waals surface area contributed by atoms with E-state index < -0.39 is 5.97 Å². The third kappa shape index (κ3) is 2.64. The molecule has 1 aromatic heterocycles. The average Bonchev–Trinajstić information content (AvgIpc) is 2.21. The molecule has 1 heterocycles. The van der Waals surface area contributed by atoms with E-state index in [4.69, 9.17) is 5.11 Å². The van der Waals surface area contributed by atoms with Crippen LogP contribution in [0.4, 0.5) is 11.6 Å². The second-order valence-electron chi connectivity index (χ2n) is 4.28. The molecular formula is C11H16N4O2. The average molecular weight is 236 g/mol. The van der Waals surface area contributed by atoms with E-state index in [1.807, 2.05) is 13.0 Å². The highest BCUT2D eigenvalue weighted by Gasteiger charge is 2.34. The van der Waals surface area contributed by atoms with Gasteiger partial charge in [-0.15, -0.1) is 0 Å². The van der Waals surface area contributed by atoms with Gasteiger partial charge in [-0.3, -0.25) is 4.79 Å². The molecule has 3 N–H and O–H groups in total. The number of hydrogen-bond donors (Lipinski definition) is 3. The van der Waals surface area contributed by atoms with Gasteiger partial charge in [0.25, 0.3) is 0 Å². The highest BCUT2D eigenvalue weighted by molar-refractivity contribution is 5.71. The lowest BCUT2D eigenvalue weighted by atomic mass is 9.80. The van der Waals surface area contributed by atoms with Gasteiger partial charge in [0.2, 0.25) is 0 Å². The van der Waals surface area contributed by atoms with Crippen LogP contribution in [-0.4, -0.2) is 34.1 Å². The minimum atomic E-state index is -0.710. The SMILES string of the molecule is CNc1cc(NC2CC(C(=O)O)C2)nc(C)n1. The Hall–Kier alpha value is -1.85. The molecule has 17 heavy (non-hydrogen) atoms. The lowest BCUT2D eigenvalue weighted by Crippen LogP contribution is -2.39. The van der Waals surface area contributed by atoms with Gasteiger partial charge in [-0.05, 0) is 19.8 Å². The molecule has 0 radical (unpaired) electrons. The Labute approximate surface area is 99.5 Å². The van der Waals surface area contributed by atoms with Crippen LogP contribution in [0.1, 0.15) is 18.7 Å². The number of anilines is 2. The van der Waals surface area contributed by atoms with E-state index in [0.29, 0.717) is 18.7 Å². The smallest absolute Gasteiger partial charge is 0.306 e. The third-order valence-corrected chi connectivity index (χ3v) is 2.93. The van der Waals surface area contributed by atoms with Crippen LogP contribution in [0, 0.1) is 12.8 Å². The molecule has 0 aliphatic heterocycles. The number of nitrogens with zero attached hydrogens (tertiary/aromatic N) is 2. The van der Waals surface area contributed by atoms with E-state index >= 15 is 0 Å². The molecule has 0 saturated heterocycles. The van der Waals surface area contributed by atoms with Crippen LogP contribution in [0.5, 0.6) is 0 Å². The lowest BCUT2D eigenvalue weighted by Gasteiger charge is -2.33. The Balaban J connectivity index is 1.96. The second-order valence-corrected chi connectivity index (χ2v) is 4.28. The first kappa shape index (κ1) is 11.6. The lowest BCUT2D eigenvalue weighted by molar-refractivity contribution is -0.144. The van der Waals surface area contributed by atoms with Crippen molar-refractivity contribution in [3.8, 4) is 0 Å². The number of rotatable bonds is 4. The first-order chi connectivity index (χ1) is 8.08. The van der Waals surface area contributed by atoms with Crippen molar-refractivity contribution in [1.29, 1.82) is 0 Å². The fourth-order valence-electron chi connectivity index (χ4n) is 1.92. The number of hydrogen-bond acceptors (Lipinski definition) is 5. The first-order valence-corrected chi connectivity index (χ1v) is 5.61. The molecule has 1 fully saturated rings. The molecular weight excluding hydrogens is 220 g/mol. The van der Waals surface area contributed by atoms with Crippen molar-refractivity contribution < 1.29 is 9.90 Å². The maximum absolute atomic E-state index is 10.7. The molecule has 92 valence electrons. The van der Waals surface area contributed by atoms with Crippen LogP contribution in [0.15, 0.2) is 6.07 Å². The van der Waals surface area contributed by atoms with Crippen molar-refractivity contribution in [3.05, 3.63) is 11.9 Å². The molecule has 0 aromatic carbocycles. The Kier molecular flexibility index (Phi) is 3.12. The Bertz CT molecular complexity index is 429. The number of nitrogens with one attached hydrogen (secondary N) is 2. The molecule has 1 aliphatic carbocycles. The van der Waals surface area contributed by atoms with E-state index in [1.54, 1.807) is 7.05 Å². The van der Waals surface area contributed by atoms with Crippen LogP contribution >= 0.6 is 0 Å². The summed E-state index contributed by atoms with van der Waals surface area (Å²) in [4.78, 5) is 19.1. The summed E-state index contributed by atoms with van der Waals surface area (Å²) in [5.41, 5.74) is 0. The summed E-state index contributed by atoms with van der Waals surface area (Å²) in [6, 6.07) is 2.02. The highest BCUT2D eigenvalue weighted by atomic mass is 16.4. The molecule has 0 spiro atoms. The summed E-state index contributed by atoms with van der Waals surface area (Å²) in [5, 5.41) is 15.0. The maximum atomic E-state index is 10.7. The number of carboxylic acid groups (broad SMARTS) is 1. The van der Waals surface area contributed by atoms with Crippen molar-refractivity contribution in [2.75, 3.05) is 17.7 Å². The van der Waals surface area contributed by atoms with Gasteiger partial charge in [0.1, 0.15) is 17.5 Å². The topological polar surface area (TPSA) is 87.1 Å². The van der Waals surface area contributed by atoms with Crippen molar-refractivity contribution in [2.45, 2.75) is 25.8 Å². The Morgan fingerprint density at radius 1 is 1.41 bits per heavy atom. The van der Waals surface area contributed by atoms with Crippen molar-refractivity contribution in [1.82, 2.24) is 9.97 Å². The fourth-order valence-corrected chi connectivity index (χ4v) is 1.92. The maximum Gasteiger partial charge on any atom is 0.306 e. The van der Waals surface area contributed by atoms with E-state index in [9.17, 15) is 4.79 Å². The molecule has 0 amide bonds. The quantitative estimate of drug-likeness (QED) is 0.725. The van der Waals surface area contributed by atoms with Gasteiger partial charge in [-0.2, -0.15) is 0 Å². The van der Waals surface area contributed by atoms with E-state index in [2.05, 4.69) is 20.6 Å². The Morgan fingerprint density at radius 2 is 2.06 bits per heavy atom. The number of aromatic nitrogens is 2. The van der Waals surface area contributed by atoms with Gasteiger partial charge in [0.15, 0.2) is 0 Å². The zero-order chi connectivity index (χ0) is 12.4. The largest absolute Gasteiger partial charge is 0.481 e. The van der Waals surface area contributed by atoms with Crippen molar-refractivity contribution >= 4 is 17.6 Å². The number of aryl methyl sites for hydroxylation is 1. The predicted octanol–water partition coefficient (Wildman–Crippen LogP) is 1.10. The molecule has 0 bridgehead atoms. The molecule has 0 unspecified atom stereocenters. The summed E-state index contributed by atoms with van der Waals surface area (Å²) in [5.74, 6) is 1.27. The molecule has 1 aromatic rings. The van der Waals surface area contributed by atoms with Crippen molar-refractivity contribution in [2.24, 2.45) is 5.92 Å². The molecule has 6 heteroatoms. The summed E-state index contributed by atoms with van der Waals surface area (Å²) in [6.07, 6.45) is 1.32. The number of carboxylic acids is 1. The van der Waals surface area contributed by atoms with Gasteiger partial charge in [0, 0.05) is 19.2 Å². The summed E-state index contributed by atoms with van der Waals surface area (Å²) >= 11 is 0. The number of aliphatic carboxylic acids is 1. The Morgan fingerprint density at radius 3 is 2.65 bits per heavy atom. The van der Waals surface area contributed by atoms with Gasteiger partial charge < -0.3 is 15.7 Å². The monoisotopic (exact) mass is 236 g/mol. The van der Waals surface area contributed by atoms with Gasteiger partial charge in [-0.1, -0.05) is 0 Å². The van der Waals surface area contributed by atoms with Crippen LogP contribution < -0.4 is 10.6 Å². The fraction of sp³-hybridized carbons (Fsp3) is 0.545. The van der Waals surface area contributed by atoms with Gasteiger partial charge in [-0.25, -0.2) is 9.97 Å². The molecule has 0 atom stereocenters. The third-order valence-electron chi connectivity index (χ3n) is 2.93.